The molecule has 1 atom stereocenters. The second kappa shape index (κ2) is 5.37. The molecule has 1 unspecified atom stereocenters. The minimum absolute atomic E-state index is 0.377. The molecule has 94 valence electrons. The van der Waals surface area contributed by atoms with E-state index in [1.807, 2.05) is 0 Å². The number of rotatable bonds is 4. The summed E-state index contributed by atoms with van der Waals surface area (Å²) < 4.78 is 10.9. The first-order chi connectivity index (χ1) is 7.93. The van der Waals surface area contributed by atoms with Crippen LogP contribution in [0, 0.1) is 6.92 Å². The fourth-order valence-electron chi connectivity index (χ4n) is 1.59. The van der Waals surface area contributed by atoms with Gasteiger partial charge in [0.2, 0.25) is 0 Å². The molecule has 0 radical (unpaired) electrons. The molecule has 0 aromatic heterocycles. The van der Waals surface area contributed by atoms with Crippen LogP contribution >= 0.6 is 15.9 Å². The van der Waals surface area contributed by atoms with Crippen LogP contribution in [0.15, 0.2) is 10.5 Å². The average Bonchev–Trinajstić information content (AvgIpc) is 2.27. The van der Waals surface area contributed by atoms with E-state index in [2.05, 4.69) is 15.9 Å². The lowest BCUT2D eigenvalue weighted by molar-refractivity contribution is -0.138. The Kier molecular flexibility index (Phi) is 4.36. The third-order valence-electron chi connectivity index (χ3n) is 2.40. The van der Waals surface area contributed by atoms with Crippen molar-refractivity contribution in [2.45, 2.75) is 13.0 Å². The van der Waals surface area contributed by atoms with E-state index in [1.165, 1.54) is 14.2 Å². The SMILES string of the molecule is COc1c(C)cc(C(N)C(=O)O)c(OC)c1Br. The second-order valence-electron chi connectivity index (χ2n) is 3.48. The molecule has 1 rings (SSSR count). The quantitative estimate of drug-likeness (QED) is 0.887. The Bertz CT molecular complexity index is 448. The number of carbonyl (C=O) groups is 1. The number of aryl methyl sites for hydroxylation is 1. The number of hydrogen-bond donors (Lipinski definition) is 2. The molecule has 0 saturated heterocycles. The van der Waals surface area contributed by atoms with E-state index < -0.39 is 12.0 Å². The highest BCUT2D eigenvalue weighted by Crippen LogP contribution is 2.41. The van der Waals surface area contributed by atoms with Crippen LogP contribution in [0.3, 0.4) is 0 Å². The molecule has 0 bridgehead atoms. The Balaban J connectivity index is 3.46. The van der Waals surface area contributed by atoms with E-state index in [0.717, 1.165) is 5.56 Å². The van der Waals surface area contributed by atoms with Crippen molar-refractivity contribution in [1.29, 1.82) is 0 Å². The van der Waals surface area contributed by atoms with Gasteiger partial charge in [-0.15, -0.1) is 0 Å². The van der Waals surface area contributed by atoms with Crippen molar-refractivity contribution < 1.29 is 19.4 Å². The molecule has 0 spiro atoms. The predicted molar refractivity (Wildman–Crippen MR) is 66.5 cm³/mol. The van der Waals surface area contributed by atoms with Crippen molar-refractivity contribution in [2.75, 3.05) is 14.2 Å². The molecule has 5 nitrogen and oxygen atoms in total. The molecule has 6 heteroatoms. The first-order valence-corrected chi connectivity index (χ1v) is 5.62. The van der Waals surface area contributed by atoms with Crippen LogP contribution in [0.2, 0.25) is 0 Å². The van der Waals surface area contributed by atoms with Gasteiger partial charge in [-0.1, -0.05) is 0 Å². The van der Waals surface area contributed by atoms with Crippen LogP contribution in [0.5, 0.6) is 11.5 Å². The summed E-state index contributed by atoms with van der Waals surface area (Å²) in [6.07, 6.45) is 0. The minimum Gasteiger partial charge on any atom is -0.495 e. The van der Waals surface area contributed by atoms with Crippen molar-refractivity contribution in [1.82, 2.24) is 0 Å². The number of aliphatic carboxylic acids is 1. The van der Waals surface area contributed by atoms with Crippen molar-refractivity contribution in [3.8, 4) is 11.5 Å². The highest BCUT2D eigenvalue weighted by atomic mass is 79.9. The van der Waals surface area contributed by atoms with E-state index in [9.17, 15) is 4.79 Å². The normalized spacial score (nSPS) is 12.1. The number of carboxylic acids is 1. The van der Waals surface area contributed by atoms with E-state index in [4.69, 9.17) is 20.3 Å². The van der Waals surface area contributed by atoms with Gasteiger partial charge in [-0.3, -0.25) is 4.79 Å². The Hall–Kier alpha value is -1.27. The molecule has 3 N–H and O–H groups in total. The summed E-state index contributed by atoms with van der Waals surface area (Å²) in [4.78, 5) is 10.9. The molecule has 0 saturated carbocycles. The highest BCUT2D eigenvalue weighted by molar-refractivity contribution is 9.10. The number of hydrogen-bond acceptors (Lipinski definition) is 4. The van der Waals surface area contributed by atoms with Gasteiger partial charge in [-0.25, -0.2) is 0 Å². The Morgan fingerprint density at radius 2 is 1.94 bits per heavy atom. The Morgan fingerprint density at radius 3 is 2.35 bits per heavy atom. The van der Waals surface area contributed by atoms with Gasteiger partial charge in [0, 0.05) is 5.56 Å². The molecule has 0 aliphatic rings. The van der Waals surface area contributed by atoms with Gasteiger partial charge in [0.15, 0.2) is 0 Å². The fourth-order valence-corrected chi connectivity index (χ4v) is 2.45. The summed E-state index contributed by atoms with van der Waals surface area (Å²) in [5.74, 6) is -0.134. The monoisotopic (exact) mass is 303 g/mol. The first kappa shape index (κ1) is 13.8. The lowest BCUT2D eigenvalue weighted by Crippen LogP contribution is -2.21. The van der Waals surface area contributed by atoms with Crippen molar-refractivity contribution in [3.05, 3.63) is 21.7 Å². The lowest BCUT2D eigenvalue weighted by Gasteiger charge is -2.17. The average molecular weight is 304 g/mol. The van der Waals surface area contributed by atoms with Gasteiger partial charge in [0.25, 0.3) is 0 Å². The zero-order valence-electron chi connectivity index (χ0n) is 9.78. The maximum atomic E-state index is 10.9. The molecular weight excluding hydrogens is 290 g/mol. The highest BCUT2D eigenvalue weighted by Gasteiger charge is 2.24. The van der Waals surface area contributed by atoms with Crippen LogP contribution < -0.4 is 15.2 Å². The maximum absolute atomic E-state index is 10.9. The summed E-state index contributed by atoms with van der Waals surface area (Å²) in [5.41, 5.74) is 6.79. The van der Waals surface area contributed by atoms with E-state index in [1.54, 1.807) is 13.0 Å². The largest absolute Gasteiger partial charge is 0.495 e. The van der Waals surface area contributed by atoms with Gasteiger partial charge in [0.05, 0.1) is 14.2 Å². The minimum atomic E-state index is -1.13. The van der Waals surface area contributed by atoms with Crippen LogP contribution in [0.1, 0.15) is 17.2 Å². The van der Waals surface area contributed by atoms with E-state index >= 15 is 0 Å². The van der Waals surface area contributed by atoms with E-state index in [0.29, 0.717) is 21.5 Å². The second-order valence-corrected chi connectivity index (χ2v) is 4.27. The Labute approximate surface area is 108 Å². The number of nitrogens with two attached hydrogens (primary N) is 1. The topological polar surface area (TPSA) is 81.8 Å². The van der Waals surface area contributed by atoms with Crippen molar-refractivity contribution in [2.24, 2.45) is 5.73 Å². The molecule has 0 fully saturated rings. The standard InChI is InChI=1S/C11H14BrNO4/c1-5-4-6(8(13)11(14)15)10(17-3)7(12)9(5)16-2/h4,8H,13H2,1-3H3,(H,14,15). The van der Waals surface area contributed by atoms with Crippen molar-refractivity contribution >= 4 is 21.9 Å². The van der Waals surface area contributed by atoms with Crippen LogP contribution in [0.25, 0.3) is 0 Å². The number of ether oxygens (including phenoxy) is 2. The van der Waals surface area contributed by atoms with Crippen LogP contribution in [-0.2, 0) is 4.79 Å². The smallest absolute Gasteiger partial charge is 0.325 e. The summed E-state index contributed by atoms with van der Waals surface area (Å²) >= 11 is 3.32. The predicted octanol–water partition coefficient (Wildman–Crippen LogP) is 1.86. The molecule has 0 aliphatic heterocycles. The molecule has 1 aromatic carbocycles. The van der Waals surface area contributed by atoms with Crippen LogP contribution in [-0.4, -0.2) is 25.3 Å². The maximum Gasteiger partial charge on any atom is 0.325 e. The summed E-state index contributed by atoms with van der Waals surface area (Å²) in [6, 6.07) is 0.521. The fraction of sp³-hybridized carbons (Fsp3) is 0.364. The van der Waals surface area contributed by atoms with Gasteiger partial charge in [0.1, 0.15) is 22.0 Å². The third kappa shape index (κ3) is 2.53. The van der Waals surface area contributed by atoms with Gasteiger partial charge < -0.3 is 20.3 Å². The molecular formula is C11H14BrNO4. The number of halogens is 1. The van der Waals surface area contributed by atoms with Gasteiger partial charge >= 0.3 is 5.97 Å². The summed E-state index contributed by atoms with van der Waals surface area (Å²) in [5, 5.41) is 8.94. The van der Waals surface area contributed by atoms with Crippen molar-refractivity contribution in [3.63, 3.8) is 0 Å². The third-order valence-corrected chi connectivity index (χ3v) is 3.12. The zero-order chi connectivity index (χ0) is 13.2. The Morgan fingerprint density at radius 1 is 1.41 bits per heavy atom. The van der Waals surface area contributed by atoms with Gasteiger partial charge in [-0.2, -0.15) is 0 Å². The molecule has 17 heavy (non-hydrogen) atoms. The zero-order valence-corrected chi connectivity index (χ0v) is 11.4. The first-order valence-electron chi connectivity index (χ1n) is 4.83. The molecule has 0 aliphatic carbocycles. The van der Waals surface area contributed by atoms with Gasteiger partial charge in [-0.05, 0) is 34.5 Å². The molecule has 0 amide bonds. The summed E-state index contributed by atoms with van der Waals surface area (Å²) in [7, 11) is 2.98. The van der Waals surface area contributed by atoms with E-state index in [-0.39, 0.29) is 0 Å². The molecule has 0 heterocycles. The number of benzene rings is 1. The number of methoxy groups -OCH3 is 2. The molecule has 1 aromatic rings. The van der Waals surface area contributed by atoms with Crippen LogP contribution in [0.4, 0.5) is 0 Å². The number of carboxylic acid groups (broad SMARTS) is 1. The summed E-state index contributed by atoms with van der Waals surface area (Å²) in [6.45, 7) is 1.81. The lowest BCUT2D eigenvalue weighted by atomic mass is 10.0.